The molecule has 6 nitrogen and oxygen atoms in total. The molecule has 2 aromatic rings. The highest BCUT2D eigenvalue weighted by Gasteiger charge is 2.35. The zero-order valence-corrected chi connectivity index (χ0v) is 12.3. The lowest BCUT2D eigenvalue weighted by Gasteiger charge is -2.15. The second-order valence-corrected chi connectivity index (χ2v) is 4.86. The summed E-state index contributed by atoms with van der Waals surface area (Å²) in [4.78, 5) is 18.9. The average molecular weight is 325 g/mol. The van der Waals surface area contributed by atoms with Gasteiger partial charge in [0, 0.05) is 11.3 Å². The predicted molar refractivity (Wildman–Crippen MR) is 78.2 cm³/mol. The van der Waals surface area contributed by atoms with Crippen LogP contribution in [0.4, 0.5) is 13.2 Å². The van der Waals surface area contributed by atoms with Crippen molar-refractivity contribution in [3.8, 4) is 5.69 Å². The molecule has 0 unspecified atom stereocenters. The molecular weight excluding hydrogens is 311 g/mol. The number of nitrogens with zero attached hydrogens (tertiary/aromatic N) is 3. The van der Waals surface area contributed by atoms with Crippen LogP contribution in [0.5, 0.6) is 0 Å². The summed E-state index contributed by atoms with van der Waals surface area (Å²) in [6, 6.07) is 3.14. The van der Waals surface area contributed by atoms with Gasteiger partial charge in [-0.3, -0.25) is 4.79 Å². The largest absolute Gasteiger partial charge is 0.418 e. The SMILES string of the molecule is Cc1ncn(-c2ccc(C(=O)N=C(N)N)cc2C(F)(F)F)c1C. The van der Waals surface area contributed by atoms with Crippen molar-refractivity contribution < 1.29 is 18.0 Å². The number of rotatable bonds is 2. The zero-order valence-electron chi connectivity index (χ0n) is 12.3. The number of hydrogen-bond donors (Lipinski definition) is 2. The highest BCUT2D eigenvalue weighted by atomic mass is 19.4. The maximum atomic E-state index is 13.3. The van der Waals surface area contributed by atoms with Crippen LogP contribution in [-0.2, 0) is 6.18 Å². The van der Waals surface area contributed by atoms with E-state index in [-0.39, 0.29) is 11.3 Å². The van der Waals surface area contributed by atoms with E-state index in [2.05, 4.69) is 9.98 Å². The Morgan fingerprint density at radius 1 is 1.26 bits per heavy atom. The molecule has 0 aliphatic rings. The van der Waals surface area contributed by atoms with E-state index in [1.807, 2.05) is 0 Å². The van der Waals surface area contributed by atoms with E-state index in [0.717, 1.165) is 6.07 Å². The van der Waals surface area contributed by atoms with Crippen LogP contribution in [0, 0.1) is 13.8 Å². The number of amides is 1. The molecule has 4 N–H and O–H groups in total. The van der Waals surface area contributed by atoms with Gasteiger partial charge in [-0.05, 0) is 32.0 Å². The third-order valence-corrected chi connectivity index (χ3v) is 3.29. The van der Waals surface area contributed by atoms with E-state index >= 15 is 0 Å². The van der Waals surface area contributed by atoms with Gasteiger partial charge in [-0.15, -0.1) is 0 Å². The number of carbonyl (C=O) groups excluding carboxylic acids is 1. The Balaban J connectivity index is 2.64. The van der Waals surface area contributed by atoms with Crippen molar-refractivity contribution in [2.75, 3.05) is 0 Å². The second kappa shape index (κ2) is 5.75. The molecule has 0 saturated heterocycles. The fourth-order valence-corrected chi connectivity index (χ4v) is 2.03. The number of benzene rings is 1. The fraction of sp³-hybridized carbons (Fsp3) is 0.214. The molecule has 122 valence electrons. The van der Waals surface area contributed by atoms with Crippen LogP contribution >= 0.6 is 0 Å². The Morgan fingerprint density at radius 3 is 2.39 bits per heavy atom. The van der Waals surface area contributed by atoms with E-state index < -0.39 is 23.6 Å². The van der Waals surface area contributed by atoms with Crippen molar-refractivity contribution >= 4 is 11.9 Å². The van der Waals surface area contributed by atoms with Gasteiger partial charge in [-0.25, -0.2) is 4.98 Å². The summed E-state index contributed by atoms with van der Waals surface area (Å²) in [6.07, 6.45) is -3.36. The molecule has 1 amide bonds. The average Bonchev–Trinajstić information content (AvgIpc) is 2.76. The topological polar surface area (TPSA) is 99.3 Å². The van der Waals surface area contributed by atoms with Crippen molar-refractivity contribution in [1.29, 1.82) is 0 Å². The first-order valence-electron chi connectivity index (χ1n) is 6.47. The lowest BCUT2D eigenvalue weighted by atomic mass is 10.1. The van der Waals surface area contributed by atoms with Gasteiger partial charge in [-0.2, -0.15) is 18.2 Å². The summed E-state index contributed by atoms with van der Waals surface area (Å²) in [7, 11) is 0. The number of aryl methyl sites for hydroxylation is 1. The van der Waals surface area contributed by atoms with Crippen LogP contribution in [-0.4, -0.2) is 21.4 Å². The number of aliphatic imine (C=N–C) groups is 1. The Kier molecular flexibility index (Phi) is 4.13. The normalized spacial score (nSPS) is 11.3. The molecule has 23 heavy (non-hydrogen) atoms. The molecule has 0 fully saturated rings. The Morgan fingerprint density at radius 2 is 1.91 bits per heavy atom. The molecule has 9 heteroatoms. The third-order valence-electron chi connectivity index (χ3n) is 3.29. The molecule has 0 bridgehead atoms. The first-order valence-corrected chi connectivity index (χ1v) is 6.47. The number of nitrogens with two attached hydrogens (primary N) is 2. The first kappa shape index (κ1) is 16.5. The highest BCUT2D eigenvalue weighted by molar-refractivity contribution is 6.02. The van der Waals surface area contributed by atoms with Gasteiger partial charge in [0.05, 0.1) is 23.3 Å². The van der Waals surface area contributed by atoms with E-state index in [4.69, 9.17) is 11.5 Å². The first-order chi connectivity index (χ1) is 10.6. The Hall–Kier alpha value is -2.84. The molecule has 0 aliphatic heterocycles. The standard InChI is InChI=1S/C14H14F3N5O/c1-7-8(2)22(6-20-7)11-4-3-9(12(23)21-13(18)19)5-10(11)14(15,16)17/h3-6H,1-2H3,(H4,18,19,21,23). The van der Waals surface area contributed by atoms with Gasteiger partial charge in [0.2, 0.25) is 0 Å². The van der Waals surface area contributed by atoms with Crippen LogP contribution in [0.3, 0.4) is 0 Å². The number of imidazole rings is 1. The van der Waals surface area contributed by atoms with Gasteiger partial charge in [0.1, 0.15) is 0 Å². The smallest absolute Gasteiger partial charge is 0.370 e. The summed E-state index contributed by atoms with van der Waals surface area (Å²) in [5, 5.41) is 0. The number of carbonyl (C=O) groups is 1. The third kappa shape index (κ3) is 3.33. The van der Waals surface area contributed by atoms with Crippen molar-refractivity contribution in [1.82, 2.24) is 9.55 Å². The molecule has 0 atom stereocenters. The van der Waals surface area contributed by atoms with Gasteiger partial charge in [0.15, 0.2) is 5.96 Å². The summed E-state index contributed by atoms with van der Waals surface area (Å²) in [6.45, 7) is 3.34. The summed E-state index contributed by atoms with van der Waals surface area (Å²) in [5.74, 6) is -1.46. The monoisotopic (exact) mass is 325 g/mol. The van der Waals surface area contributed by atoms with E-state index in [1.165, 1.54) is 23.0 Å². The van der Waals surface area contributed by atoms with E-state index in [9.17, 15) is 18.0 Å². The minimum Gasteiger partial charge on any atom is -0.370 e. The maximum Gasteiger partial charge on any atom is 0.418 e. The van der Waals surface area contributed by atoms with Crippen LogP contribution in [0.2, 0.25) is 0 Å². The number of guanidine groups is 1. The zero-order chi connectivity index (χ0) is 17.4. The van der Waals surface area contributed by atoms with E-state index in [0.29, 0.717) is 11.4 Å². The van der Waals surface area contributed by atoms with Gasteiger partial charge < -0.3 is 16.0 Å². The van der Waals surface area contributed by atoms with Crippen LogP contribution in [0.1, 0.15) is 27.3 Å². The molecule has 0 spiro atoms. The fourth-order valence-electron chi connectivity index (χ4n) is 2.03. The quantitative estimate of drug-likeness (QED) is 0.651. The molecule has 1 aromatic carbocycles. The van der Waals surface area contributed by atoms with Crippen molar-refractivity contribution in [2.24, 2.45) is 16.5 Å². The van der Waals surface area contributed by atoms with Crippen molar-refractivity contribution in [2.45, 2.75) is 20.0 Å². The summed E-state index contributed by atoms with van der Waals surface area (Å²) < 4.78 is 41.4. The minimum atomic E-state index is -4.66. The van der Waals surface area contributed by atoms with Crippen LogP contribution in [0.25, 0.3) is 5.69 Å². The summed E-state index contributed by atoms with van der Waals surface area (Å²) >= 11 is 0. The molecule has 0 saturated carbocycles. The van der Waals surface area contributed by atoms with Gasteiger partial charge in [-0.1, -0.05) is 0 Å². The van der Waals surface area contributed by atoms with Gasteiger partial charge in [0.25, 0.3) is 5.91 Å². The lowest BCUT2D eigenvalue weighted by Crippen LogP contribution is -2.24. The lowest BCUT2D eigenvalue weighted by molar-refractivity contribution is -0.137. The number of aromatic nitrogens is 2. The molecule has 0 radical (unpaired) electrons. The second-order valence-electron chi connectivity index (χ2n) is 4.86. The van der Waals surface area contributed by atoms with Crippen LogP contribution in [0.15, 0.2) is 29.5 Å². The predicted octanol–water partition coefficient (Wildman–Crippen LogP) is 1.92. The van der Waals surface area contributed by atoms with Crippen molar-refractivity contribution in [3.63, 3.8) is 0 Å². The molecule has 0 aliphatic carbocycles. The molecule has 1 heterocycles. The molecular formula is C14H14F3N5O. The van der Waals surface area contributed by atoms with Crippen LogP contribution < -0.4 is 11.5 Å². The highest BCUT2D eigenvalue weighted by Crippen LogP contribution is 2.35. The van der Waals surface area contributed by atoms with Gasteiger partial charge >= 0.3 is 6.18 Å². The molecule has 2 rings (SSSR count). The Bertz CT molecular complexity index is 788. The maximum absolute atomic E-state index is 13.3. The molecule has 1 aromatic heterocycles. The summed E-state index contributed by atoms with van der Waals surface area (Å²) in [5.41, 5.74) is 9.95. The number of hydrogen-bond acceptors (Lipinski definition) is 2. The Labute approximate surface area is 129 Å². The number of alkyl halides is 3. The van der Waals surface area contributed by atoms with E-state index in [1.54, 1.807) is 13.8 Å². The van der Waals surface area contributed by atoms with Crippen molar-refractivity contribution in [3.05, 3.63) is 47.0 Å². The number of halogens is 3. The minimum absolute atomic E-state index is 0.128.